The van der Waals surface area contributed by atoms with Crippen LogP contribution in [0.4, 0.5) is 10.1 Å². The minimum atomic E-state index is -0.626. The van der Waals surface area contributed by atoms with Gasteiger partial charge in [0.2, 0.25) is 0 Å². The first-order valence-corrected chi connectivity index (χ1v) is 6.34. The molecule has 1 amide bonds. The Morgan fingerprint density at radius 2 is 1.95 bits per heavy atom. The van der Waals surface area contributed by atoms with Crippen molar-refractivity contribution in [3.8, 4) is 0 Å². The summed E-state index contributed by atoms with van der Waals surface area (Å²) in [5.41, 5.74) is 1.53. The van der Waals surface area contributed by atoms with E-state index in [1.165, 1.54) is 18.2 Å². The minimum Gasteiger partial charge on any atom is -0.322 e. The maximum absolute atomic E-state index is 13.6. The zero-order valence-electron chi connectivity index (χ0n) is 10.4. The monoisotopic (exact) mass is 277 g/mol. The lowest BCUT2D eigenvalue weighted by Gasteiger charge is -2.11. The summed E-state index contributed by atoms with van der Waals surface area (Å²) < 4.78 is 13.6. The van der Waals surface area contributed by atoms with Crippen LogP contribution >= 0.6 is 11.6 Å². The zero-order valence-corrected chi connectivity index (χ0v) is 11.2. The molecule has 2 aromatic carbocycles. The van der Waals surface area contributed by atoms with E-state index in [1.54, 1.807) is 6.07 Å². The molecular formula is C15H13ClFNO. The highest BCUT2D eigenvalue weighted by atomic mass is 35.5. The number of carbonyl (C=O) groups excluding carboxylic acids is 1. The number of nitrogens with one attached hydrogen (secondary N) is 1. The van der Waals surface area contributed by atoms with Crippen molar-refractivity contribution in [2.45, 2.75) is 13.3 Å². The molecule has 0 fully saturated rings. The van der Waals surface area contributed by atoms with Gasteiger partial charge in [0.25, 0.3) is 5.91 Å². The van der Waals surface area contributed by atoms with Gasteiger partial charge in [-0.05, 0) is 30.2 Å². The summed E-state index contributed by atoms with van der Waals surface area (Å²) in [7, 11) is 0. The van der Waals surface area contributed by atoms with Gasteiger partial charge in [-0.2, -0.15) is 0 Å². The molecule has 2 aromatic rings. The van der Waals surface area contributed by atoms with Crippen molar-refractivity contribution < 1.29 is 9.18 Å². The van der Waals surface area contributed by atoms with Crippen LogP contribution in [0.2, 0.25) is 5.02 Å². The van der Waals surface area contributed by atoms with Crippen LogP contribution in [0.3, 0.4) is 0 Å². The number of benzene rings is 2. The molecule has 0 saturated heterocycles. The number of para-hydroxylation sites is 1. The smallest absolute Gasteiger partial charge is 0.260 e. The predicted octanol–water partition coefficient (Wildman–Crippen LogP) is 4.29. The van der Waals surface area contributed by atoms with Crippen LogP contribution in [-0.4, -0.2) is 5.91 Å². The van der Waals surface area contributed by atoms with Crippen LogP contribution in [0.25, 0.3) is 0 Å². The normalized spacial score (nSPS) is 10.3. The molecule has 0 aliphatic rings. The predicted molar refractivity (Wildman–Crippen MR) is 75.2 cm³/mol. The Morgan fingerprint density at radius 3 is 2.63 bits per heavy atom. The zero-order chi connectivity index (χ0) is 13.8. The summed E-state index contributed by atoms with van der Waals surface area (Å²) in [6.07, 6.45) is 0.779. The summed E-state index contributed by atoms with van der Waals surface area (Å²) in [6.45, 7) is 1.99. The lowest BCUT2D eigenvalue weighted by Crippen LogP contribution is -2.15. The van der Waals surface area contributed by atoms with Gasteiger partial charge in [0.1, 0.15) is 5.82 Å². The van der Waals surface area contributed by atoms with Gasteiger partial charge < -0.3 is 5.32 Å². The van der Waals surface area contributed by atoms with Gasteiger partial charge in [0.05, 0.1) is 10.6 Å². The van der Waals surface area contributed by atoms with Gasteiger partial charge in [0.15, 0.2) is 0 Å². The minimum absolute atomic E-state index is 0.103. The fourth-order valence-electron chi connectivity index (χ4n) is 1.85. The number of amides is 1. The highest BCUT2D eigenvalue weighted by molar-refractivity contribution is 6.34. The summed E-state index contributed by atoms with van der Waals surface area (Å²) in [4.78, 5) is 12.1. The fourth-order valence-corrected chi connectivity index (χ4v) is 2.10. The second-order valence-corrected chi connectivity index (χ2v) is 4.47. The van der Waals surface area contributed by atoms with Gasteiger partial charge in [0, 0.05) is 5.69 Å². The van der Waals surface area contributed by atoms with Crippen molar-refractivity contribution in [1.29, 1.82) is 0 Å². The lowest BCUT2D eigenvalue weighted by atomic mass is 10.1. The van der Waals surface area contributed by atoms with Gasteiger partial charge in [-0.15, -0.1) is 0 Å². The number of anilines is 1. The third-order valence-electron chi connectivity index (χ3n) is 2.84. The van der Waals surface area contributed by atoms with E-state index in [2.05, 4.69) is 5.32 Å². The molecule has 0 atom stereocenters. The molecular weight excluding hydrogens is 265 g/mol. The summed E-state index contributed by atoms with van der Waals surface area (Å²) in [5, 5.41) is 2.80. The molecule has 2 nitrogen and oxygen atoms in total. The van der Waals surface area contributed by atoms with Crippen LogP contribution in [0.1, 0.15) is 22.8 Å². The SMILES string of the molecule is CCc1ccccc1NC(=O)c1c(F)cccc1Cl. The second kappa shape index (κ2) is 5.85. The van der Waals surface area contributed by atoms with Crippen LogP contribution in [0.5, 0.6) is 0 Å². The number of aryl methyl sites for hydroxylation is 1. The van der Waals surface area contributed by atoms with Gasteiger partial charge in [-0.3, -0.25) is 4.79 Å². The molecule has 0 radical (unpaired) electrons. The molecule has 0 aliphatic heterocycles. The molecule has 0 aromatic heterocycles. The Morgan fingerprint density at radius 1 is 1.21 bits per heavy atom. The van der Waals surface area contributed by atoms with E-state index in [-0.39, 0.29) is 10.6 Å². The van der Waals surface area contributed by atoms with Crippen LogP contribution in [-0.2, 0) is 6.42 Å². The fraction of sp³-hybridized carbons (Fsp3) is 0.133. The highest BCUT2D eigenvalue weighted by Gasteiger charge is 2.16. The number of rotatable bonds is 3. The van der Waals surface area contributed by atoms with Crippen molar-refractivity contribution in [2.75, 3.05) is 5.32 Å². The molecule has 2 rings (SSSR count). The van der Waals surface area contributed by atoms with Gasteiger partial charge in [-0.1, -0.05) is 42.8 Å². The highest BCUT2D eigenvalue weighted by Crippen LogP contribution is 2.22. The molecule has 0 aliphatic carbocycles. The summed E-state index contributed by atoms with van der Waals surface area (Å²) in [6, 6.07) is 11.6. The number of hydrogen-bond acceptors (Lipinski definition) is 1. The third-order valence-corrected chi connectivity index (χ3v) is 3.15. The molecule has 4 heteroatoms. The topological polar surface area (TPSA) is 29.1 Å². The molecule has 0 unspecified atom stereocenters. The Kier molecular flexibility index (Phi) is 4.17. The van der Waals surface area contributed by atoms with Gasteiger partial charge >= 0.3 is 0 Å². The van der Waals surface area contributed by atoms with E-state index in [0.29, 0.717) is 5.69 Å². The Bertz CT molecular complexity index is 593. The van der Waals surface area contributed by atoms with E-state index >= 15 is 0 Å². The Balaban J connectivity index is 2.31. The van der Waals surface area contributed by atoms with Crippen LogP contribution < -0.4 is 5.32 Å². The maximum atomic E-state index is 13.6. The van der Waals surface area contributed by atoms with Crippen LogP contribution in [0, 0.1) is 5.82 Å². The molecule has 0 heterocycles. The van der Waals surface area contributed by atoms with E-state index < -0.39 is 11.7 Å². The molecule has 0 bridgehead atoms. The van der Waals surface area contributed by atoms with Crippen molar-refractivity contribution >= 4 is 23.2 Å². The Labute approximate surface area is 116 Å². The quantitative estimate of drug-likeness (QED) is 0.891. The molecule has 0 spiro atoms. The Hall–Kier alpha value is -1.87. The molecule has 98 valence electrons. The average molecular weight is 278 g/mol. The van der Waals surface area contributed by atoms with Gasteiger partial charge in [-0.25, -0.2) is 4.39 Å². The summed E-state index contributed by atoms with van der Waals surface area (Å²) >= 11 is 5.86. The standard InChI is InChI=1S/C15H13ClFNO/c1-2-10-6-3-4-9-13(10)18-15(19)14-11(16)7-5-8-12(14)17/h3-9H,2H2,1H3,(H,18,19). The first-order chi connectivity index (χ1) is 9.13. The molecule has 1 N–H and O–H groups in total. The van der Waals surface area contributed by atoms with E-state index in [1.807, 2.05) is 25.1 Å². The van der Waals surface area contributed by atoms with Crippen molar-refractivity contribution in [1.82, 2.24) is 0 Å². The number of carbonyl (C=O) groups is 1. The maximum Gasteiger partial charge on any atom is 0.260 e. The first kappa shape index (κ1) is 13.6. The van der Waals surface area contributed by atoms with Crippen molar-refractivity contribution in [3.05, 3.63) is 64.4 Å². The summed E-state index contributed by atoms with van der Waals surface area (Å²) in [5.74, 6) is -1.16. The van der Waals surface area contributed by atoms with E-state index in [0.717, 1.165) is 12.0 Å². The molecule has 0 saturated carbocycles. The lowest BCUT2D eigenvalue weighted by molar-refractivity contribution is 0.102. The van der Waals surface area contributed by atoms with Crippen molar-refractivity contribution in [2.24, 2.45) is 0 Å². The third kappa shape index (κ3) is 2.93. The van der Waals surface area contributed by atoms with Crippen molar-refractivity contribution in [3.63, 3.8) is 0 Å². The first-order valence-electron chi connectivity index (χ1n) is 5.96. The number of halogens is 2. The average Bonchev–Trinajstić information content (AvgIpc) is 2.39. The van der Waals surface area contributed by atoms with E-state index in [4.69, 9.17) is 11.6 Å². The second-order valence-electron chi connectivity index (χ2n) is 4.06. The van der Waals surface area contributed by atoms with E-state index in [9.17, 15) is 9.18 Å². The molecule has 19 heavy (non-hydrogen) atoms. The number of hydrogen-bond donors (Lipinski definition) is 1. The van der Waals surface area contributed by atoms with Crippen LogP contribution in [0.15, 0.2) is 42.5 Å². The largest absolute Gasteiger partial charge is 0.322 e.